The zero-order valence-corrected chi connectivity index (χ0v) is 21.2. The molecule has 1 heterocycles. The molecule has 11 nitrogen and oxygen atoms in total. The van der Waals surface area contributed by atoms with Crippen LogP contribution in [-0.2, 0) is 48.2 Å². The number of hydrogen-bond donors (Lipinski definition) is 1. The Morgan fingerprint density at radius 3 is 2.49 bits per heavy atom. The molecule has 208 valence electrons. The van der Waals surface area contributed by atoms with E-state index in [0.717, 1.165) is 19.3 Å². The van der Waals surface area contributed by atoms with E-state index >= 15 is 0 Å². The highest BCUT2D eigenvalue weighted by molar-refractivity contribution is 7.86. The maximum absolute atomic E-state index is 13.5. The Balaban J connectivity index is 1.22. The average Bonchev–Trinajstić information content (AvgIpc) is 3.53. The summed E-state index contributed by atoms with van der Waals surface area (Å²) in [7, 11) is -5.82. The van der Waals surface area contributed by atoms with Gasteiger partial charge >= 0.3 is 39.2 Å². The molecule has 4 fully saturated rings. The predicted molar refractivity (Wildman–Crippen MR) is 117 cm³/mol. The number of cyclic esters (lactones) is 1. The van der Waals surface area contributed by atoms with Gasteiger partial charge in [-0.15, -0.1) is 0 Å². The van der Waals surface area contributed by atoms with Crippen molar-refractivity contribution >= 4 is 34.0 Å². The first kappa shape index (κ1) is 27.7. The largest absolute Gasteiger partial charge is 0.456 e. The number of rotatable bonds is 9. The number of halogens is 2. The number of carbonyl (C=O) groups is 4. The lowest BCUT2D eigenvalue weighted by atomic mass is 9.73. The Morgan fingerprint density at radius 2 is 1.81 bits per heavy atom. The van der Waals surface area contributed by atoms with Crippen molar-refractivity contribution in [1.29, 1.82) is 0 Å². The molecular formula is C23H30F2O11S. The molecule has 3 aliphatic carbocycles. The summed E-state index contributed by atoms with van der Waals surface area (Å²) < 4.78 is 77.0. The van der Waals surface area contributed by atoms with Gasteiger partial charge in [0.05, 0.1) is 12.8 Å². The Morgan fingerprint density at radius 1 is 1.16 bits per heavy atom. The van der Waals surface area contributed by atoms with Crippen LogP contribution in [0.5, 0.6) is 0 Å². The van der Waals surface area contributed by atoms with E-state index in [4.69, 9.17) is 18.8 Å². The maximum atomic E-state index is 13.5. The Kier molecular flexibility index (Phi) is 7.30. The van der Waals surface area contributed by atoms with Crippen LogP contribution in [0.25, 0.3) is 0 Å². The van der Waals surface area contributed by atoms with Crippen molar-refractivity contribution in [2.24, 2.45) is 23.7 Å². The third-order valence-corrected chi connectivity index (χ3v) is 9.25. The third-order valence-electron chi connectivity index (χ3n) is 8.23. The number of fused-ring (bicyclic) bond motifs is 5. The minimum atomic E-state index is -5.82. The van der Waals surface area contributed by atoms with Gasteiger partial charge in [-0.05, 0) is 57.3 Å². The van der Waals surface area contributed by atoms with Crippen LogP contribution in [0.1, 0.15) is 65.2 Å². The summed E-state index contributed by atoms with van der Waals surface area (Å²) in [4.78, 5) is 48.7. The molecule has 4 rings (SSSR count). The molecule has 0 radical (unpaired) electrons. The summed E-state index contributed by atoms with van der Waals surface area (Å²) in [5, 5.41) is -4.74. The molecule has 1 aliphatic heterocycles. The van der Waals surface area contributed by atoms with Gasteiger partial charge in [0.25, 0.3) is 0 Å². The van der Waals surface area contributed by atoms with Crippen LogP contribution >= 0.6 is 0 Å². The molecular weight excluding hydrogens is 522 g/mol. The first-order valence-corrected chi connectivity index (χ1v) is 13.7. The molecule has 3 saturated carbocycles. The third kappa shape index (κ3) is 5.31. The summed E-state index contributed by atoms with van der Waals surface area (Å²) in [6.45, 7) is 2.48. The van der Waals surface area contributed by atoms with Gasteiger partial charge in [-0.1, -0.05) is 6.42 Å². The molecule has 0 amide bonds. The zero-order chi connectivity index (χ0) is 27.3. The fourth-order valence-corrected chi connectivity index (χ4v) is 7.02. The van der Waals surface area contributed by atoms with E-state index in [1.54, 1.807) is 0 Å². The Labute approximate surface area is 212 Å². The molecule has 37 heavy (non-hydrogen) atoms. The molecule has 0 aromatic rings. The van der Waals surface area contributed by atoms with E-state index in [0.29, 0.717) is 24.7 Å². The number of alkyl halides is 2. The summed E-state index contributed by atoms with van der Waals surface area (Å²) >= 11 is 0. The molecule has 1 saturated heterocycles. The lowest BCUT2D eigenvalue weighted by Crippen LogP contribution is -2.44. The molecule has 14 heteroatoms. The molecule has 1 N–H and O–H groups in total. The summed E-state index contributed by atoms with van der Waals surface area (Å²) in [6, 6.07) is 0. The van der Waals surface area contributed by atoms with Crippen molar-refractivity contribution in [3.63, 3.8) is 0 Å². The van der Waals surface area contributed by atoms with Crippen molar-refractivity contribution in [3.8, 4) is 0 Å². The highest BCUT2D eigenvalue weighted by Crippen LogP contribution is 2.63. The van der Waals surface area contributed by atoms with E-state index in [2.05, 4.69) is 4.74 Å². The molecule has 4 aliphatic rings. The Bertz CT molecular complexity index is 1080. The van der Waals surface area contributed by atoms with Crippen molar-refractivity contribution < 1.29 is 59.9 Å². The minimum Gasteiger partial charge on any atom is -0.456 e. The molecule has 0 aromatic heterocycles. The number of hydrogen-bond acceptors (Lipinski definition) is 10. The van der Waals surface area contributed by atoms with Crippen LogP contribution in [0.4, 0.5) is 8.78 Å². The second-order valence-electron chi connectivity index (χ2n) is 10.6. The monoisotopic (exact) mass is 552 g/mol. The lowest BCUT2D eigenvalue weighted by Gasteiger charge is -2.40. The smallest absolute Gasteiger partial charge is 0.405 e. The van der Waals surface area contributed by atoms with E-state index in [-0.39, 0.29) is 12.3 Å². The van der Waals surface area contributed by atoms with Gasteiger partial charge in [-0.2, -0.15) is 17.2 Å². The van der Waals surface area contributed by atoms with Crippen molar-refractivity contribution in [2.45, 2.75) is 94.4 Å². The van der Waals surface area contributed by atoms with Crippen LogP contribution < -0.4 is 0 Å². The van der Waals surface area contributed by atoms with E-state index in [1.807, 2.05) is 6.92 Å². The standard InChI is InChI=1S/C23H30F2O11S/c1-11(23(24,25)37(30,31)32)33-18(26)6-7-19(27)34-16-9-17(35-20(16)28)21(29)36-22(2)10-12-8-15(22)14-5-3-4-13(12)14/h11-17H,3-10H2,1-2H3,(H,30,31,32). The summed E-state index contributed by atoms with van der Waals surface area (Å²) in [5.41, 5.74) is -0.627. The van der Waals surface area contributed by atoms with Crippen LogP contribution in [0.2, 0.25) is 0 Å². The lowest BCUT2D eigenvalue weighted by molar-refractivity contribution is -0.180. The second kappa shape index (κ2) is 9.75. The van der Waals surface area contributed by atoms with Gasteiger partial charge in [0.2, 0.25) is 12.2 Å². The molecule has 0 aromatic carbocycles. The summed E-state index contributed by atoms with van der Waals surface area (Å²) in [5.74, 6) is -2.01. The minimum absolute atomic E-state index is 0.262. The van der Waals surface area contributed by atoms with Gasteiger partial charge in [0.15, 0.2) is 6.10 Å². The zero-order valence-electron chi connectivity index (χ0n) is 20.4. The van der Waals surface area contributed by atoms with Gasteiger partial charge in [-0.3, -0.25) is 14.1 Å². The fraction of sp³-hybridized carbons (Fsp3) is 0.826. The SMILES string of the molecule is CC(OC(=O)CCC(=O)OC1CC(C(=O)OC2(C)CC3CC2C2CCCC32)OC1=O)C(F)(F)S(=O)(=O)O. The molecule has 0 spiro atoms. The fourth-order valence-electron chi connectivity index (χ4n) is 6.55. The van der Waals surface area contributed by atoms with Gasteiger partial charge < -0.3 is 18.9 Å². The van der Waals surface area contributed by atoms with Gasteiger partial charge in [0, 0.05) is 12.3 Å². The number of ether oxygens (including phenoxy) is 4. The van der Waals surface area contributed by atoms with E-state index < -0.39 is 76.0 Å². The summed E-state index contributed by atoms with van der Waals surface area (Å²) in [6.07, 6.45) is -1.53. The number of esters is 4. The van der Waals surface area contributed by atoms with Crippen molar-refractivity contribution in [1.82, 2.24) is 0 Å². The van der Waals surface area contributed by atoms with Gasteiger partial charge in [0.1, 0.15) is 5.60 Å². The highest BCUT2D eigenvalue weighted by atomic mass is 32.2. The topological polar surface area (TPSA) is 160 Å². The quantitative estimate of drug-likeness (QED) is 0.254. The van der Waals surface area contributed by atoms with Crippen LogP contribution in [0.3, 0.4) is 0 Å². The average molecular weight is 553 g/mol. The first-order valence-electron chi connectivity index (χ1n) is 12.3. The normalized spacial score (nSPS) is 35.5. The van der Waals surface area contributed by atoms with Gasteiger partial charge in [-0.25, -0.2) is 9.59 Å². The van der Waals surface area contributed by atoms with Crippen LogP contribution in [0.15, 0.2) is 0 Å². The molecule has 8 atom stereocenters. The van der Waals surface area contributed by atoms with Crippen molar-refractivity contribution in [3.05, 3.63) is 0 Å². The molecule has 8 unspecified atom stereocenters. The van der Waals surface area contributed by atoms with Crippen molar-refractivity contribution in [2.75, 3.05) is 0 Å². The molecule has 2 bridgehead atoms. The van der Waals surface area contributed by atoms with Crippen LogP contribution in [0, 0.1) is 23.7 Å². The predicted octanol–water partition coefficient (Wildman–Crippen LogP) is 2.16. The van der Waals surface area contributed by atoms with E-state index in [1.165, 1.54) is 12.8 Å². The highest BCUT2D eigenvalue weighted by Gasteiger charge is 2.61. The first-order chi connectivity index (χ1) is 17.1. The second-order valence-corrected chi connectivity index (χ2v) is 12.1. The Hall–Kier alpha value is -2.35. The number of carbonyl (C=O) groups excluding carboxylic acids is 4. The maximum Gasteiger partial charge on any atom is 0.405 e. The van der Waals surface area contributed by atoms with E-state index in [9.17, 15) is 36.4 Å². The van der Waals surface area contributed by atoms with Crippen LogP contribution in [-0.4, -0.2) is 66.0 Å².